The molecule has 1 N–H and O–H groups in total. The van der Waals surface area contributed by atoms with Crippen molar-refractivity contribution in [3.8, 4) is 0 Å². The molecule has 0 saturated carbocycles. The Bertz CT molecular complexity index is 458. The number of alkyl halides is 3. The molecule has 21 heavy (non-hydrogen) atoms. The fourth-order valence-corrected chi connectivity index (χ4v) is 2.13. The lowest BCUT2D eigenvalue weighted by atomic mass is 10.0. The van der Waals surface area contributed by atoms with Crippen LogP contribution in [0.1, 0.15) is 45.7 Å². The molecule has 1 aromatic carbocycles. The van der Waals surface area contributed by atoms with Crippen molar-refractivity contribution in [2.24, 2.45) is 0 Å². The Morgan fingerprint density at radius 1 is 1.05 bits per heavy atom. The summed E-state index contributed by atoms with van der Waals surface area (Å²) in [5.41, 5.74) is 0.218. The molecule has 2 nitrogen and oxygen atoms in total. The van der Waals surface area contributed by atoms with E-state index in [1.807, 2.05) is 34.6 Å². The first-order chi connectivity index (χ1) is 9.58. The van der Waals surface area contributed by atoms with E-state index >= 15 is 0 Å². The Hall–Kier alpha value is -1.23. The first-order valence-electron chi connectivity index (χ1n) is 7.28. The molecule has 0 radical (unpaired) electrons. The molecule has 0 aliphatic carbocycles. The van der Waals surface area contributed by atoms with Crippen molar-refractivity contribution < 1.29 is 13.2 Å². The summed E-state index contributed by atoms with van der Waals surface area (Å²) in [5, 5.41) is 3.21. The lowest BCUT2D eigenvalue weighted by Crippen LogP contribution is -2.35. The molecule has 0 aliphatic heterocycles. The number of nitrogens with one attached hydrogen (secondary N) is 1. The van der Waals surface area contributed by atoms with Crippen LogP contribution < -0.4 is 10.2 Å². The molecule has 120 valence electrons. The number of rotatable bonds is 5. The first kappa shape index (κ1) is 17.8. The quantitative estimate of drug-likeness (QED) is 0.865. The smallest absolute Gasteiger partial charge is 0.372 e. The second-order valence-corrected chi connectivity index (χ2v) is 6.13. The van der Waals surface area contributed by atoms with Crippen LogP contribution in [0.15, 0.2) is 18.2 Å². The van der Waals surface area contributed by atoms with E-state index in [1.165, 1.54) is 6.07 Å². The second kappa shape index (κ2) is 6.69. The maximum Gasteiger partial charge on any atom is 0.418 e. The van der Waals surface area contributed by atoms with Crippen molar-refractivity contribution in [1.29, 1.82) is 0 Å². The van der Waals surface area contributed by atoms with Gasteiger partial charge in [-0.15, -0.1) is 0 Å². The van der Waals surface area contributed by atoms with E-state index < -0.39 is 11.7 Å². The Kier molecular flexibility index (Phi) is 5.68. The first-order valence-corrected chi connectivity index (χ1v) is 7.28. The van der Waals surface area contributed by atoms with Gasteiger partial charge in [-0.1, -0.05) is 6.07 Å². The fourth-order valence-electron chi connectivity index (χ4n) is 2.13. The highest BCUT2D eigenvalue weighted by atomic mass is 19.4. The van der Waals surface area contributed by atoms with Crippen molar-refractivity contribution in [1.82, 2.24) is 5.32 Å². The number of hydrogen-bond donors (Lipinski definition) is 1. The van der Waals surface area contributed by atoms with Gasteiger partial charge in [-0.25, -0.2) is 0 Å². The average molecular weight is 302 g/mol. The monoisotopic (exact) mass is 302 g/mol. The fraction of sp³-hybridized carbons (Fsp3) is 0.625. The van der Waals surface area contributed by atoms with Crippen LogP contribution >= 0.6 is 0 Å². The van der Waals surface area contributed by atoms with Crippen molar-refractivity contribution in [2.75, 3.05) is 18.0 Å². The molecule has 1 aromatic rings. The van der Waals surface area contributed by atoms with Gasteiger partial charge in [0.25, 0.3) is 0 Å². The third kappa shape index (κ3) is 5.23. The molecule has 0 aromatic heterocycles. The molecule has 0 bridgehead atoms. The van der Waals surface area contributed by atoms with Gasteiger partial charge in [-0.2, -0.15) is 13.2 Å². The summed E-state index contributed by atoms with van der Waals surface area (Å²) >= 11 is 0. The highest BCUT2D eigenvalue weighted by Gasteiger charge is 2.34. The van der Waals surface area contributed by atoms with E-state index in [9.17, 15) is 13.2 Å². The highest BCUT2D eigenvalue weighted by Crippen LogP contribution is 2.37. The lowest BCUT2D eigenvalue weighted by molar-refractivity contribution is -0.137. The normalized spacial score (nSPS) is 12.6. The number of anilines is 1. The van der Waals surface area contributed by atoms with Crippen LogP contribution in [0.2, 0.25) is 0 Å². The molecule has 5 heteroatoms. The van der Waals surface area contributed by atoms with Crippen molar-refractivity contribution in [3.05, 3.63) is 29.3 Å². The third-order valence-corrected chi connectivity index (χ3v) is 3.29. The van der Waals surface area contributed by atoms with Crippen LogP contribution in [0.3, 0.4) is 0 Å². The Morgan fingerprint density at radius 2 is 1.62 bits per heavy atom. The average Bonchev–Trinajstić information content (AvgIpc) is 2.36. The van der Waals surface area contributed by atoms with E-state index in [-0.39, 0.29) is 11.2 Å². The summed E-state index contributed by atoms with van der Waals surface area (Å²) in [4.78, 5) is 1.73. The minimum atomic E-state index is -4.34. The molecule has 0 unspecified atom stereocenters. The van der Waals surface area contributed by atoms with Crippen LogP contribution in [-0.4, -0.2) is 18.6 Å². The van der Waals surface area contributed by atoms with Gasteiger partial charge >= 0.3 is 6.18 Å². The molecular weight excluding hydrogens is 277 g/mol. The topological polar surface area (TPSA) is 15.3 Å². The standard InChI is InChI=1S/C16H25F3N2/c1-6-21(7-2)14-9-8-12(11-20-15(3,4)5)10-13(14)16(17,18)19/h8-10,20H,6-7,11H2,1-5H3. The van der Waals surface area contributed by atoms with Crippen LogP contribution in [0.4, 0.5) is 18.9 Å². The van der Waals surface area contributed by atoms with Crippen molar-refractivity contribution in [3.63, 3.8) is 0 Å². The summed E-state index contributed by atoms with van der Waals surface area (Å²) < 4.78 is 39.9. The minimum Gasteiger partial charge on any atom is -0.372 e. The van der Waals surface area contributed by atoms with Gasteiger partial charge in [0.2, 0.25) is 0 Å². The molecule has 0 aliphatic rings. The van der Waals surface area contributed by atoms with Gasteiger partial charge in [-0.3, -0.25) is 0 Å². The zero-order chi connectivity index (χ0) is 16.3. The van der Waals surface area contributed by atoms with Crippen LogP contribution in [0.25, 0.3) is 0 Å². The summed E-state index contributed by atoms with van der Waals surface area (Å²) in [7, 11) is 0. The van der Waals surface area contributed by atoms with Crippen LogP contribution in [0, 0.1) is 0 Å². The van der Waals surface area contributed by atoms with Crippen LogP contribution in [0.5, 0.6) is 0 Å². The molecule has 0 spiro atoms. The number of benzene rings is 1. The molecule has 0 atom stereocenters. The highest BCUT2D eigenvalue weighted by molar-refractivity contribution is 5.56. The Morgan fingerprint density at radius 3 is 2.05 bits per heavy atom. The molecular formula is C16H25F3N2. The molecule has 0 amide bonds. The summed E-state index contributed by atoms with van der Waals surface area (Å²) in [6, 6.07) is 4.60. The summed E-state index contributed by atoms with van der Waals surface area (Å²) in [6.45, 7) is 11.2. The zero-order valence-corrected chi connectivity index (χ0v) is 13.4. The van der Waals surface area contributed by atoms with Gasteiger partial charge in [0.1, 0.15) is 0 Å². The largest absolute Gasteiger partial charge is 0.418 e. The Balaban J connectivity index is 3.13. The predicted molar refractivity (Wildman–Crippen MR) is 81.6 cm³/mol. The van der Waals surface area contributed by atoms with E-state index in [0.717, 1.165) is 0 Å². The van der Waals surface area contributed by atoms with Crippen molar-refractivity contribution >= 4 is 5.69 Å². The van der Waals surface area contributed by atoms with Gasteiger partial charge in [-0.05, 0) is 52.3 Å². The molecule has 1 rings (SSSR count). The maximum atomic E-state index is 13.3. The van der Waals surface area contributed by atoms with Crippen molar-refractivity contribution in [2.45, 2.75) is 52.9 Å². The third-order valence-electron chi connectivity index (χ3n) is 3.29. The van der Waals surface area contributed by atoms with E-state index in [1.54, 1.807) is 17.0 Å². The Labute approximate surface area is 125 Å². The molecule has 0 saturated heterocycles. The minimum absolute atomic E-state index is 0.129. The van der Waals surface area contributed by atoms with Gasteiger partial charge in [0.15, 0.2) is 0 Å². The van der Waals surface area contributed by atoms with E-state index in [2.05, 4.69) is 5.32 Å². The molecule has 0 fully saturated rings. The van der Waals surface area contributed by atoms with Gasteiger partial charge in [0.05, 0.1) is 5.56 Å². The van der Waals surface area contributed by atoms with Gasteiger partial charge in [0, 0.05) is 30.9 Å². The second-order valence-electron chi connectivity index (χ2n) is 6.13. The SMILES string of the molecule is CCN(CC)c1ccc(CNC(C)(C)C)cc1C(F)(F)F. The summed E-state index contributed by atoms with van der Waals surface area (Å²) in [6.07, 6.45) is -4.34. The summed E-state index contributed by atoms with van der Waals surface area (Å²) in [5.74, 6) is 0. The maximum absolute atomic E-state index is 13.3. The predicted octanol–water partition coefficient (Wildman–Crippen LogP) is 4.44. The molecule has 0 heterocycles. The lowest BCUT2D eigenvalue weighted by Gasteiger charge is -2.26. The van der Waals surface area contributed by atoms with Gasteiger partial charge < -0.3 is 10.2 Å². The van der Waals surface area contributed by atoms with E-state index in [4.69, 9.17) is 0 Å². The number of nitrogens with zero attached hydrogens (tertiary/aromatic N) is 1. The number of hydrogen-bond acceptors (Lipinski definition) is 2. The number of halogens is 3. The zero-order valence-electron chi connectivity index (χ0n) is 13.4. The van der Waals surface area contributed by atoms with E-state index in [0.29, 0.717) is 25.2 Å². The van der Waals surface area contributed by atoms with Crippen LogP contribution in [-0.2, 0) is 12.7 Å².